The monoisotopic (exact) mass is 377 g/mol. The van der Waals surface area contributed by atoms with Crippen LogP contribution in [0.2, 0.25) is 0 Å². The van der Waals surface area contributed by atoms with E-state index in [0.717, 1.165) is 48.8 Å². The fraction of sp³-hybridized carbons (Fsp3) is 0.409. The number of benzene rings is 1. The number of hydrogen-bond donors (Lipinski definition) is 0. The molecular weight excluding hydrogens is 350 g/mol. The lowest BCUT2D eigenvalue weighted by atomic mass is 10.1. The molecule has 3 heterocycles. The van der Waals surface area contributed by atoms with Crippen molar-refractivity contribution in [1.29, 1.82) is 0 Å². The number of anilines is 1. The highest BCUT2D eigenvalue weighted by molar-refractivity contribution is 6.02. The quantitative estimate of drug-likeness (QED) is 0.700. The lowest BCUT2D eigenvalue weighted by Crippen LogP contribution is -2.49. The second-order valence-electron chi connectivity index (χ2n) is 7.25. The van der Waals surface area contributed by atoms with E-state index in [1.54, 1.807) is 12.4 Å². The number of hydrogen-bond acceptors (Lipinski definition) is 4. The average molecular weight is 377 g/mol. The van der Waals surface area contributed by atoms with Crippen molar-refractivity contribution in [2.24, 2.45) is 0 Å². The van der Waals surface area contributed by atoms with Crippen molar-refractivity contribution in [3.63, 3.8) is 0 Å². The highest BCUT2D eigenvalue weighted by Crippen LogP contribution is 2.28. The standard InChI is InChI=1S/C22H27N5O/c1-4-17-7-8-19-18(15-17)16(3)20(27(19)5-2)21(28)25-11-13-26(14-12-25)22-23-9-6-10-24-22/h6-10,15H,4-5,11-14H2,1-3H3. The molecule has 1 saturated heterocycles. The predicted molar refractivity (Wildman–Crippen MR) is 112 cm³/mol. The third-order valence-corrected chi connectivity index (χ3v) is 5.71. The van der Waals surface area contributed by atoms with Crippen molar-refractivity contribution < 1.29 is 4.79 Å². The second-order valence-corrected chi connectivity index (χ2v) is 7.25. The molecule has 0 N–H and O–H groups in total. The number of carbonyl (C=O) groups excluding carboxylic acids is 1. The van der Waals surface area contributed by atoms with Crippen molar-refractivity contribution in [3.8, 4) is 0 Å². The van der Waals surface area contributed by atoms with E-state index in [-0.39, 0.29) is 5.91 Å². The first-order valence-electron chi connectivity index (χ1n) is 10.1. The molecule has 6 heteroatoms. The largest absolute Gasteiger partial charge is 0.337 e. The zero-order valence-corrected chi connectivity index (χ0v) is 16.9. The van der Waals surface area contributed by atoms with Crippen LogP contribution >= 0.6 is 0 Å². The fourth-order valence-electron chi connectivity index (χ4n) is 4.11. The maximum absolute atomic E-state index is 13.4. The molecule has 0 spiro atoms. The Morgan fingerprint density at radius 1 is 1.07 bits per heavy atom. The maximum Gasteiger partial charge on any atom is 0.270 e. The molecule has 1 aliphatic heterocycles. The fourth-order valence-corrected chi connectivity index (χ4v) is 4.11. The minimum Gasteiger partial charge on any atom is -0.337 e. The van der Waals surface area contributed by atoms with Crippen LogP contribution in [0, 0.1) is 6.92 Å². The molecule has 1 aromatic carbocycles. The lowest BCUT2D eigenvalue weighted by molar-refractivity contribution is 0.0735. The van der Waals surface area contributed by atoms with Gasteiger partial charge in [0.15, 0.2) is 0 Å². The van der Waals surface area contributed by atoms with Gasteiger partial charge in [0.2, 0.25) is 5.95 Å². The Bertz CT molecular complexity index is 987. The summed E-state index contributed by atoms with van der Waals surface area (Å²) in [5, 5.41) is 1.20. The molecule has 146 valence electrons. The minimum absolute atomic E-state index is 0.127. The van der Waals surface area contributed by atoms with Gasteiger partial charge in [0.25, 0.3) is 5.91 Å². The van der Waals surface area contributed by atoms with Crippen molar-refractivity contribution >= 4 is 22.8 Å². The van der Waals surface area contributed by atoms with Crippen molar-refractivity contribution in [3.05, 3.63) is 53.5 Å². The van der Waals surface area contributed by atoms with Gasteiger partial charge < -0.3 is 14.4 Å². The second kappa shape index (κ2) is 7.62. The van der Waals surface area contributed by atoms with Crippen LogP contribution in [0.1, 0.15) is 35.5 Å². The summed E-state index contributed by atoms with van der Waals surface area (Å²) in [6.45, 7) is 10.00. The Hall–Kier alpha value is -2.89. The van der Waals surface area contributed by atoms with Crippen LogP contribution in [0.25, 0.3) is 10.9 Å². The van der Waals surface area contributed by atoms with Crippen LogP contribution in [0.3, 0.4) is 0 Å². The van der Waals surface area contributed by atoms with E-state index in [1.165, 1.54) is 10.9 Å². The summed E-state index contributed by atoms with van der Waals surface area (Å²) in [5.74, 6) is 0.864. The molecular formula is C22H27N5O. The number of fused-ring (bicyclic) bond motifs is 1. The van der Waals surface area contributed by atoms with Gasteiger partial charge >= 0.3 is 0 Å². The molecule has 28 heavy (non-hydrogen) atoms. The molecule has 1 aliphatic rings. The topological polar surface area (TPSA) is 54.3 Å². The molecule has 1 amide bonds. The molecule has 1 fully saturated rings. The third kappa shape index (κ3) is 3.13. The minimum atomic E-state index is 0.127. The van der Waals surface area contributed by atoms with E-state index in [2.05, 4.69) is 58.4 Å². The Morgan fingerprint density at radius 3 is 2.43 bits per heavy atom. The van der Waals surface area contributed by atoms with Crippen molar-refractivity contribution in [1.82, 2.24) is 19.4 Å². The molecule has 6 nitrogen and oxygen atoms in total. The summed E-state index contributed by atoms with van der Waals surface area (Å²) >= 11 is 0. The van der Waals surface area contributed by atoms with Gasteiger partial charge in [-0.1, -0.05) is 13.0 Å². The highest BCUT2D eigenvalue weighted by atomic mass is 16.2. The van der Waals surface area contributed by atoms with Gasteiger partial charge in [0.05, 0.1) is 0 Å². The number of aromatic nitrogens is 3. The number of piperazine rings is 1. The summed E-state index contributed by atoms with van der Waals surface area (Å²) in [6, 6.07) is 8.38. The van der Waals surface area contributed by atoms with Gasteiger partial charge in [0.1, 0.15) is 5.69 Å². The van der Waals surface area contributed by atoms with E-state index in [0.29, 0.717) is 13.1 Å². The van der Waals surface area contributed by atoms with Crippen LogP contribution in [0.15, 0.2) is 36.7 Å². The summed E-state index contributed by atoms with van der Waals surface area (Å²) < 4.78 is 2.17. The van der Waals surface area contributed by atoms with Gasteiger partial charge in [0, 0.05) is 56.0 Å². The van der Waals surface area contributed by atoms with E-state index < -0.39 is 0 Å². The lowest BCUT2D eigenvalue weighted by Gasteiger charge is -2.35. The van der Waals surface area contributed by atoms with Crippen LogP contribution in [-0.4, -0.2) is 51.5 Å². The predicted octanol–water partition coefficient (Wildman–Crippen LogP) is 3.28. The van der Waals surface area contributed by atoms with E-state index in [1.807, 2.05) is 11.0 Å². The molecule has 0 radical (unpaired) electrons. The number of aryl methyl sites for hydroxylation is 3. The molecule has 2 aromatic heterocycles. The van der Waals surface area contributed by atoms with Gasteiger partial charge in [-0.2, -0.15) is 0 Å². The van der Waals surface area contributed by atoms with E-state index >= 15 is 0 Å². The normalized spacial score (nSPS) is 14.7. The first kappa shape index (κ1) is 18.5. The van der Waals surface area contributed by atoms with Crippen LogP contribution in [0.4, 0.5) is 5.95 Å². The average Bonchev–Trinajstić information content (AvgIpc) is 3.05. The van der Waals surface area contributed by atoms with Crippen molar-refractivity contribution in [2.45, 2.75) is 33.7 Å². The zero-order valence-electron chi connectivity index (χ0n) is 16.9. The smallest absolute Gasteiger partial charge is 0.270 e. The van der Waals surface area contributed by atoms with Gasteiger partial charge in [-0.05, 0) is 49.6 Å². The third-order valence-electron chi connectivity index (χ3n) is 5.71. The Labute approximate surface area is 165 Å². The summed E-state index contributed by atoms with van der Waals surface area (Å²) in [4.78, 5) is 26.2. The molecule has 3 aromatic rings. The van der Waals surface area contributed by atoms with Crippen LogP contribution in [-0.2, 0) is 13.0 Å². The Kier molecular flexibility index (Phi) is 5.03. The number of nitrogens with zero attached hydrogens (tertiary/aromatic N) is 5. The first-order valence-corrected chi connectivity index (χ1v) is 10.1. The van der Waals surface area contributed by atoms with Crippen molar-refractivity contribution in [2.75, 3.05) is 31.1 Å². The number of carbonyl (C=O) groups is 1. The van der Waals surface area contributed by atoms with Crippen LogP contribution < -0.4 is 4.90 Å². The SMILES string of the molecule is CCc1ccc2c(c1)c(C)c(C(=O)N1CCN(c3ncccn3)CC1)n2CC. The van der Waals surface area contributed by atoms with E-state index in [9.17, 15) is 4.79 Å². The van der Waals surface area contributed by atoms with Gasteiger partial charge in [-0.15, -0.1) is 0 Å². The molecule has 0 unspecified atom stereocenters. The molecule has 0 aliphatic carbocycles. The first-order chi connectivity index (χ1) is 13.6. The zero-order chi connectivity index (χ0) is 19.7. The summed E-state index contributed by atoms with van der Waals surface area (Å²) in [7, 11) is 0. The molecule has 0 atom stereocenters. The van der Waals surface area contributed by atoms with E-state index in [4.69, 9.17) is 0 Å². The summed E-state index contributed by atoms with van der Waals surface area (Å²) in [5.41, 5.74) is 4.37. The number of rotatable bonds is 4. The summed E-state index contributed by atoms with van der Waals surface area (Å²) in [6.07, 6.45) is 4.51. The Balaban J connectivity index is 1.60. The molecule has 0 bridgehead atoms. The molecule has 0 saturated carbocycles. The Morgan fingerprint density at radius 2 is 1.79 bits per heavy atom. The van der Waals surface area contributed by atoms with Crippen LogP contribution in [0.5, 0.6) is 0 Å². The highest BCUT2D eigenvalue weighted by Gasteiger charge is 2.27. The number of amides is 1. The van der Waals surface area contributed by atoms with Gasteiger partial charge in [-0.3, -0.25) is 4.79 Å². The maximum atomic E-state index is 13.4. The van der Waals surface area contributed by atoms with Gasteiger partial charge in [-0.25, -0.2) is 9.97 Å². The molecule has 4 rings (SSSR count).